The summed E-state index contributed by atoms with van der Waals surface area (Å²) in [6.07, 6.45) is 0. The number of carbonyl (C=O) groups is 1. The Morgan fingerprint density at radius 3 is 2.56 bits per heavy atom. The molecule has 0 spiro atoms. The van der Waals surface area contributed by atoms with Gasteiger partial charge in [0, 0.05) is 9.26 Å². The first-order valence-corrected chi connectivity index (χ1v) is 6.66. The minimum Gasteiger partial charge on any atom is -0.320 e. The van der Waals surface area contributed by atoms with Crippen molar-refractivity contribution < 1.29 is 4.79 Å². The number of aryl methyl sites for hydroxylation is 2. The molecule has 1 aromatic heterocycles. The molecule has 18 heavy (non-hydrogen) atoms. The predicted octanol–water partition coefficient (Wildman–Crippen LogP) is 3.56. The molecule has 0 radical (unpaired) electrons. The number of hydrogen-bond acceptors (Lipinski definition) is 2. The predicted molar refractivity (Wildman–Crippen MR) is 80.8 cm³/mol. The highest BCUT2D eigenvalue weighted by Gasteiger charge is 2.10. The van der Waals surface area contributed by atoms with Crippen molar-refractivity contribution in [2.75, 3.05) is 5.32 Å². The van der Waals surface area contributed by atoms with Crippen LogP contribution < -0.4 is 5.32 Å². The highest BCUT2D eigenvalue weighted by atomic mass is 127. The Hall–Kier alpha value is -1.43. The summed E-state index contributed by atoms with van der Waals surface area (Å²) in [4.78, 5) is 16.5. The molecule has 0 aliphatic rings. The van der Waals surface area contributed by atoms with E-state index in [1.165, 1.54) is 0 Å². The number of amides is 1. The number of nitrogens with one attached hydrogen (secondary N) is 1. The van der Waals surface area contributed by atoms with E-state index in [-0.39, 0.29) is 5.91 Å². The maximum absolute atomic E-state index is 12.1. The Kier molecular flexibility index (Phi) is 3.96. The molecule has 4 heteroatoms. The summed E-state index contributed by atoms with van der Waals surface area (Å²) in [5.74, 6) is -0.103. The number of halogens is 1. The number of nitrogens with zero attached hydrogens (tertiary/aromatic N) is 1. The van der Waals surface area contributed by atoms with Crippen LogP contribution in [0.2, 0.25) is 0 Å². The molecule has 0 aliphatic heterocycles. The van der Waals surface area contributed by atoms with Gasteiger partial charge in [0.2, 0.25) is 0 Å². The third-order valence-corrected chi connectivity index (χ3v) is 3.53. The monoisotopic (exact) mass is 352 g/mol. The lowest BCUT2D eigenvalue weighted by atomic mass is 10.2. The standard InChI is InChI=1S/C14H13IN2O/c1-9-7-8-13(10(2)16-9)17-14(18)11-5-3-4-6-12(11)15/h3-8H,1-2H3,(H,17,18). The summed E-state index contributed by atoms with van der Waals surface area (Å²) in [6, 6.07) is 11.3. The number of rotatable bonds is 2. The van der Waals surface area contributed by atoms with E-state index >= 15 is 0 Å². The zero-order chi connectivity index (χ0) is 13.1. The average Bonchev–Trinajstić information content (AvgIpc) is 2.33. The topological polar surface area (TPSA) is 42.0 Å². The average molecular weight is 352 g/mol. The van der Waals surface area contributed by atoms with Gasteiger partial charge in [-0.3, -0.25) is 9.78 Å². The number of benzene rings is 1. The van der Waals surface area contributed by atoms with E-state index < -0.39 is 0 Å². The van der Waals surface area contributed by atoms with Crippen LogP contribution in [0, 0.1) is 17.4 Å². The van der Waals surface area contributed by atoms with Crippen LogP contribution in [0.5, 0.6) is 0 Å². The van der Waals surface area contributed by atoms with E-state index in [0.29, 0.717) is 5.56 Å². The molecule has 0 saturated heterocycles. The van der Waals surface area contributed by atoms with Crippen LogP contribution in [-0.2, 0) is 0 Å². The maximum Gasteiger partial charge on any atom is 0.256 e. The van der Waals surface area contributed by atoms with Gasteiger partial charge in [-0.2, -0.15) is 0 Å². The van der Waals surface area contributed by atoms with Crippen molar-refractivity contribution in [3.8, 4) is 0 Å². The first kappa shape index (κ1) is 13.0. The molecule has 0 saturated carbocycles. The van der Waals surface area contributed by atoms with Gasteiger partial charge in [0.05, 0.1) is 16.9 Å². The van der Waals surface area contributed by atoms with Crippen molar-refractivity contribution in [3.63, 3.8) is 0 Å². The normalized spacial score (nSPS) is 10.2. The van der Waals surface area contributed by atoms with Crippen LogP contribution in [0.15, 0.2) is 36.4 Å². The molecule has 0 fully saturated rings. The van der Waals surface area contributed by atoms with Crippen molar-refractivity contribution in [2.45, 2.75) is 13.8 Å². The number of hydrogen-bond donors (Lipinski definition) is 1. The van der Waals surface area contributed by atoms with Gasteiger partial charge in [-0.1, -0.05) is 12.1 Å². The lowest BCUT2D eigenvalue weighted by Gasteiger charge is -2.09. The van der Waals surface area contributed by atoms with E-state index in [9.17, 15) is 4.79 Å². The van der Waals surface area contributed by atoms with Gasteiger partial charge in [0.1, 0.15) is 0 Å². The van der Waals surface area contributed by atoms with Crippen LogP contribution in [0.1, 0.15) is 21.7 Å². The molecule has 1 N–H and O–H groups in total. The van der Waals surface area contributed by atoms with Crippen molar-refractivity contribution in [3.05, 3.63) is 56.9 Å². The summed E-state index contributed by atoms with van der Waals surface area (Å²) >= 11 is 2.16. The van der Waals surface area contributed by atoms with Crippen LogP contribution in [0.3, 0.4) is 0 Å². The van der Waals surface area contributed by atoms with E-state index in [0.717, 1.165) is 20.6 Å². The molecule has 0 bridgehead atoms. The van der Waals surface area contributed by atoms with Gasteiger partial charge in [-0.05, 0) is 60.7 Å². The summed E-state index contributed by atoms with van der Waals surface area (Å²) in [6.45, 7) is 3.82. The van der Waals surface area contributed by atoms with Gasteiger partial charge in [-0.25, -0.2) is 0 Å². The summed E-state index contributed by atoms with van der Waals surface area (Å²) in [5.41, 5.74) is 3.21. The van der Waals surface area contributed by atoms with E-state index in [4.69, 9.17) is 0 Å². The van der Waals surface area contributed by atoms with Crippen molar-refractivity contribution in [1.82, 2.24) is 4.98 Å². The molecule has 1 amide bonds. The highest BCUT2D eigenvalue weighted by Crippen LogP contribution is 2.16. The number of carbonyl (C=O) groups excluding carboxylic acids is 1. The quantitative estimate of drug-likeness (QED) is 0.840. The maximum atomic E-state index is 12.1. The van der Waals surface area contributed by atoms with Crippen LogP contribution in [-0.4, -0.2) is 10.9 Å². The molecule has 1 aromatic carbocycles. The fourth-order valence-electron chi connectivity index (χ4n) is 1.65. The largest absolute Gasteiger partial charge is 0.320 e. The second-order valence-electron chi connectivity index (χ2n) is 4.02. The van der Waals surface area contributed by atoms with E-state index in [1.807, 2.05) is 50.2 Å². The lowest BCUT2D eigenvalue weighted by molar-refractivity contribution is 0.102. The van der Waals surface area contributed by atoms with Crippen LogP contribution >= 0.6 is 22.6 Å². The summed E-state index contributed by atoms with van der Waals surface area (Å²) in [7, 11) is 0. The number of aromatic nitrogens is 1. The van der Waals surface area contributed by atoms with Crippen molar-refractivity contribution >= 4 is 34.2 Å². The Morgan fingerprint density at radius 1 is 1.17 bits per heavy atom. The third-order valence-electron chi connectivity index (χ3n) is 2.59. The fourth-order valence-corrected chi connectivity index (χ4v) is 2.29. The molecular weight excluding hydrogens is 339 g/mol. The van der Waals surface area contributed by atoms with E-state index in [1.54, 1.807) is 0 Å². The lowest BCUT2D eigenvalue weighted by Crippen LogP contribution is -2.14. The van der Waals surface area contributed by atoms with Gasteiger partial charge in [0.25, 0.3) is 5.91 Å². The zero-order valence-electron chi connectivity index (χ0n) is 10.2. The molecule has 3 nitrogen and oxygen atoms in total. The molecule has 2 aromatic rings. The van der Waals surface area contributed by atoms with Gasteiger partial charge < -0.3 is 5.32 Å². The minimum atomic E-state index is -0.103. The third kappa shape index (κ3) is 2.87. The molecular formula is C14H13IN2O. The zero-order valence-corrected chi connectivity index (χ0v) is 12.4. The van der Waals surface area contributed by atoms with Gasteiger partial charge in [-0.15, -0.1) is 0 Å². The van der Waals surface area contributed by atoms with Crippen molar-refractivity contribution in [2.24, 2.45) is 0 Å². The van der Waals surface area contributed by atoms with Crippen LogP contribution in [0.25, 0.3) is 0 Å². The van der Waals surface area contributed by atoms with Crippen LogP contribution in [0.4, 0.5) is 5.69 Å². The van der Waals surface area contributed by atoms with E-state index in [2.05, 4.69) is 32.9 Å². The summed E-state index contributed by atoms with van der Waals surface area (Å²) < 4.78 is 0.935. The number of anilines is 1. The first-order chi connectivity index (χ1) is 8.58. The Balaban J connectivity index is 2.24. The molecule has 1 heterocycles. The highest BCUT2D eigenvalue weighted by molar-refractivity contribution is 14.1. The smallest absolute Gasteiger partial charge is 0.256 e. The Labute approximate surface area is 120 Å². The molecule has 2 rings (SSSR count). The van der Waals surface area contributed by atoms with Gasteiger partial charge in [0.15, 0.2) is 0 Å². The Morgan fingerprint density at radius 2 is 1.89 bits per heavy atom. The molecule has 0 atom stereocenters. The van der Waals surface area contributed by atoms with Crippen molar-refractivity contribution in [1.29, 1.82) is 0 Å². The summed E-state index contributed by atoms with van der Waals surface area (Å²) in [5, 5.41) is 2.89. The first-order valence-electron chi connectivity index (χ1n) is 5.58. The fraction of sp³-hybridized carbons (Fsp3) is 0.143. The molecule has 92 valence electrons. The SMILES string of the molecule is Cc1ccc(NC(=O)c2ccccc2I)c(C)n1. The second kappa shape index (κ2) is 5.48. The molecule has 0 aliphatic carbocycles. The van der Waals surface area contributed by atoms with Gasteiger partial charge >= 0.3 is 0 Å². The molecule has 0 unspecified atom stereocenters. The number of pyridine rings is 1. The second-order valence-corrected chi connectivity index (χ2v) is 5.18. The Bertz CT molecular complexity index is 596. The minimum absolute atomic E-state index is 0.103.